The van der Waals surface area contributed by atoms with Crippen LogP contribution in [0.1, 0.15) is 11.0 Å². The van der Waals surface area contributed by atoms with E-state index >= 15 is 4.39 Å². The summed E-state index contributed by atoms with van der Waals surface area (Å²) in [4.78, 5) is 12.4. The number of nitrogen functional groups attached to an aromatic ring is 1. The SMILES string of the molecule is Nc1nccc(-c2sc(C3CNCCN3)nc2-c2cccc(NS(=O)(=O)c3cc(F)ccc3F)c2F)n1. The van der Waals surface area contributed by atoms with Crippen molar-refractivity contribution in [3.8, 4) is 21.8 Å². The van der Waals surface area contributed by atoms with Crippen molar-refractivity contribution in [1.29, 1.82) is 0 Å². The fourth-order valence-electron chi connectivity index (χ4n) is 3.85. The Balaban J connectivity index is 1.59. The van der Waals surface area contributed by atoms with E-state index in [-0.39, 0.29) is 23.2 Å². The molecule has 4 aromatic rings. The van der Waals surface area contributed by atoms with Gasteiger partial charge in [0.15, 0.2) is 5.82 Å². The van der Waals surface area contributed by atoms with Crippen molar-refractivity contribution in [2.75, 3.05) is 30.1 Å². The highest BCUT2D eigenvalue weighted by atomic mass is 32.2. The summed E-state index contributed by atoms with van der Waals surface area (Å²) in [5.74, 6) is -3.05. The second kappa shape index (κ2) is 10.0. The summed E-state index contributed by atoms with van der Waals surface area (Å²) in [5.41, 5.74) is 5.94. The summed E-state index contributed by atoms with van der Waals surface area (Å²) < 4.78 is 71.1. The van der Waals surface area contributed by atoms with Crippen molar-refractivity contribution in [2.24, 2.45) is 0 Å². The van der Waals surface area contributed by atoms with Gasteiger partial charge in [0.25, 0.3) is 10.0 Å². The van der Waals surface area contributed by atoms with Gasteiger partial charge in [-0.1, -0.05) is 6.07 Å². The first kappa shape index (κ1) is 25.1. The molecule has 0 spiro atoms. The Hall–Kier alpha value is -3.59. The topological polar surface area (TPSA) is 135 Å². The number of nitrogens with two attached hydrogens (primary N) is 1. The molecular formula is C23H20F3N7O2S2. The molecule has 0 amide bonds. The lowest BCUT2D eigenvalue weighted by Crippen LogP contribution is -2.42. The molecule has 5 N–H and O–H groups in total. The number of anilines is 2. The third-order valence-electron chi connectivity index (χ3n) is 5.57. The number of benzene rings is 2. The molecule has 2 aromatic carbocycles. The number of hydrogen-bond donors (Lipinski definition) is 4. The molecule has 9 nitrogen and oxygen atoms in total. The third kappa shape index (κ3) is 5.13. The third-order valence-corrected chi connectivity index (χ3v) is 8.14. The monoisotopic (exact) mass is 547 g/mol. The minimum Gasteiger partial charge on any atom is -0.368 e. The first-order valence-electron chi connectivity index (χ1n) is 11.0. The fourth-order valence-corrected chi connectivity index (χ4v) is 6.12. The normalized spacial score (nSPS) is 16.0. The molecule has 0 saturated carbocycles. The van der Waals surface area contributed by atoms with Gasteiger partial charge < -0.3 is 16.4 Å². The number of hydrogen-bond acceptors (Lipinski definition) is 9. The maximum Gasteiger partial charge on any atom is 0.265 e. The zero-order valence-corrected chi connectivity index (χ0v) is 20.6. The molecule has 1 atom stereocenters. The van der Waals surface area contributed by atoms with Crippen LogP contribution in [0.4, 0.5) is 24.8 Å². The minimum atomic E-state index is -4.65. The van der Waals surface area contributed by atoms with Crippen LogP contribution in [0.3, 0.4) is 0 Å². The van der Waals surface area contributed by atoms with E-state index in [1.807, 2.05) is 4.72 Å². The number of nitrogens with zero attached hydrogens (tertiary/aromatic N) is 3. The number of piperazine rings is 1. The number of halogens is 3. The maximum atomic E-state index is 15.8. The highest BCUT2D eigenvalue weighted by Crippen LogP contribution is 2.40. The van der Waals surface area contributed by atoms with Gasteiger partial charge in [0, 0.05) is 31.4 Å². The smallest absolute Gasteiger partial charge is 0.265 e. The van der Waals surface area contributed by atoms with Crippen LogP contribution in [-0.2, 0) is 10.0 Å². The summed E-state index contributed by atoms with van der Waals surface area (Å²) in [6.07, 6.45) is 1.47. The molecule has 37 heavy (non-hydrogen) atoms. The molecule has 1 aliphatic heterocycles. The van der Waals surface area contributed by atoms with Gasteiger partial charge in [-0.2, -0.15) is 0 Å². The van der Waals surface area contributed by atoms with Crippen molar-refractivity contribution >= 4 is 33.0 Å². The van der Waals surface area contributed by atoms with Gasteiger partial charge in [0.2, 0.25) is 5.95 Å². The van der Waals surface area contributed by atoms with Gasteiger partial charge in [-0.3, -0.25) is 4.72 Å². The Kier molecular flexibility index (Phi) is 6.81. The minimum absolute atomic E-state index is 0.0154. The molecule has 14 heteroatoms. The molecule has 1 aliphatic rings. The zero-order chi connectivity index (χ0) is 26.2. The van der Waals surface area contributed by atoms with Crippen LogP contribution >= 0.6 is 11.3 Å². The molecule has 1 saturated heterocycles. The average Bonchev–Trinajstić information content (AvgIpc) is 3.32. The predicted octanol–water partition coefficient (Wildman–Crippen LogP) is 3.30. The molecule has 192 valence electrons. The quantitative estimate of drug-likeness (QED) is 0.289. The first-order chi connectivity index (χ1) is 17.7. The van der Waals surface area contributed by atoms with Gasteiger partial charge in [0.05, 0.1) is 28.0 Å². The summed E-state index contributed by atoms with van der Waals surface area (Å²) in [6.45, 7) is 2.13. The fraction of sp³-hybridized carbons (Fsp3) is 0.174. The Labute approximate surface area is 214 Å². The number of thiazole rings is 1. The molecule has 1 fully saturated rings. The number of aromatic nitrogens is 3. The van der Waals surface area contributed by atoms with Crippen LogP contribution in [-0.4, -0.2) is 43.0 Å². The molecule has 2 aromatic heterocycles. The van der Waals surface area contributed by atoms with Crippen LogP contribution in [0.2, 0.25) is 0 Å². The van der Waals surface area contributed by atoms with Gasteiger partial charge in [0.1, 0.15) is 21.5 Å². The molecule has 0 radical (unpaired) electrons. The van der Waals surface area contributed by atoms with E-state index in [1.54, 1.807) is 6.07 Å². The van der Waals surface area contributed by atoms with Crippen LogP contribution in [0.5, 0.6) is 0 Å². The number of rotatable bonds is 6. The van der Waals surface area contributed by atoms with Crippen molar-refractivity contribution in [1.82, 2.24) is 25.6 Å². The lowest BCUT2D eigenvalue weighted by atomic mass is 10.1. The second-order valence-electron chi connectivity index (χ2n) is 8.09. The van der Waals surface area contributed by atoms with E-state index < -0.39 is 38.1 Å². The van der Waals surface area contributed by atoms with Gasteiger partial charge >= 0.3 is 0 Å². The standard InChI is InChI=1S/C23H20F3N7O2S2/c24-12-4-5-14(25)18(10-12)37(34,35)33-15-3-1-2-13(19(15)26)20-21(16-6-7-30-23(27)31-16)36-22(32-20)17-11-28-8-9-29-17/h1-7,10,17,28-29,33H,8-9,11H2,(H2,27,30,31). The van der Waals surface area contributed by atoms with Crippen molar-refractivity contribution in [2.45, 2.75) is 10.9 Å². The van der Waals surface area contributed by atoms with E-state index in [0.29, 0.717) is 34.3 Å². The van der Waals surface area contributed by atoms with E-state index in [2.05, 4.69) is 25.6 Å². The zero-order valence-electron chi connectivity index (χ0n) is 19.0. The average molecular weight is 548 g/mol. The van der Waals surface area contributed by atoms with Crippen molar-refractivity contribution in [3.63, 3.8) is 0 Å². The lowest BCUT2D eigenvalue weighted by Gasteiger charge is -2.22. The highest BCUT2D eigenvalue weighted by molar-refractivity contribution is 7.92. The summed E-state index contributed by atoms with van der Waals surface area (Å²) in [5, 5.41) is 7.29. The Morgan fingerprint density at radius 3 is 2.68 bits per heavy atom. The van der Waals surface area contributed by atoms with Crippen LogP contribution in [0.25, 0.3) is 21.8 Å². The summed E-state index contributed by atoms with van der Waals surface area (Å²) >= 11 is 1.29. The lowest BCUT2D eigenvalue weighted by molar-refractivity contribution is 0.429. The Morgan fingerprint density at radius 1 is 1.08 bits per heavy atom. The van der Waals surface area contributed by atoms with Crippen LogP contribution in [0, 0.1) is 17.5 Å². The van der Waals surface area contributed by atoms with Gasteiger partial charge in [-0.15, -0.1) is 11.3 Å². The van der Waals surface area contributed by atoms with Gasteiger partial charge in [-0.25, -0.2) is 36.5 Å². The predicted molar refractivity (Wildman–Crippen MR) is 134 cm³/mol. The summed E-state index contributed by atoms with van der Waals surface area (Å²) in [6, 6.07) is 7.51. The first-order valence-corrected chi connectivity index (χ1v) is 13.3. The van der Waals surface area contributed by atoms with Crippen LogP contribution < -0.4 is 21.1 Å². The van der Waals surface area contributed by atoms with Gasteiger partial charge in [-0.05, 0) is 36.4 Å². The Morgan fingerprint density at radius 2 is 1.92 bits per heavy atom. The van der Waals surface area contributed by atoms with E-state index in [9.17, 15) is 17.2 Å². The molecule has 1 unspecified atom stereocenters. The highest BCUT2D eigenvalue weighted by Gasteiger charge is 2.27. The number of nitrogens with one attached hydrogen (secondary N) is 3. The molecule has 3 heterocycles. The molecule has 0 bridgehead atoms. The molecule has 5 rings (SSSR count). The van der Waals surface area contributed by atoms with Crippen molar-refractivity contribution in [3.05, 3.63) is 71.1 Å². The summed E-state index contributed by atoms with van der Waals surface area (Å²) in [7, 11) is -4.65. The molecular weight excluding hydrogens is 527 g/mol. The van der Waals surface area contributed by atoms with E-state index in [1.165, 1.54) is 35.7 Å². The van der Waals surface area contributed by atoms with E-state index in [4.69, 9.17) is 5.73 Å². The second-order valence-corrected chi connectivity index (χ2v) is 10.8. The maximum absolute atomic E-state index is 15.8. The van der Waals surface area contributed by atoms with Crippen molar-refractivity contribution < 1.29 is 21.6 Å². The largest absolute Gasteiger partial charge is 0.368 e. The van der Waals surface area contributed by atoms with Crippen LogP contribution in [0.15, 0.2) is 53.6 Å². The Bertz CT molecular complexity index is 1570. The molecule has 0 aliphatic carbocycles. The van der Waals surface area contributed by atoms with E-state index in [0.717, 1.165) is 19.2 Å². The number of sulfonamides is 1.